The molecule has 0 aromatic heterocycles. The Morgan fingerprint density at radius 2 is 1.84 bits per heavy atom. The lowest BCUT2D eigenvalue weighted by molar-refractivity contribution is 0.391. The smallest absolute Gasteiger partial charge is 0.242 e. The molecule has 0 aliphatic carbocycles. The SMILES string of the molecule is CCC(CC)C(C)NS(=O)(=O)c1ccc(C)cc1N. The third-order valence-corrected chi connectivity index (χ3v) is 5.18. The van der Waals surface area contributed by atoms with E-state index in [-0.39, 0.29) is 10.9 Å². The zero-order valence-electron chi connectivity index (χ0n) is 12.1. The van der Waals surface area contributed by atoms with Gasteiger partial charge >= 0.3 is 0 Å². The zero-order valence-corrected chi connectivity index (χ0v) is 12.9. The van der Waals surface area contributed by atoms with Crippen molar-refractivity contribution in [3.05, 3.63) is 23.8 Å². The highest BCUT2D eigenvalue weighted by atomic mass is 32.2. The minimum atomic E-state index is -3.55. The molecule has 0 bridgehead atoms. The maximum Gasteiger partial charge on any atom is 0.242 e. The van der Waals surface area contributed by atoms with E-state index < -0.39 is 10.0 Å². The average molecular weight is 284 g/mol. The van der Waals surface area contributed by atoms with Crippen molar-refractivity contribution >= 4 is 15.7 Å². The van der Waals surface area contributed by atoms with Gasteiger partial charge in [0.25, 0.3) is 0 Å². The molecule has 0 fully saturated rings. The minimum Gasteiger partial charge on any atom is -0.398 e. The summed E-state index contributed by atoms with van der Waals surface area (Å²) in [7, 11) is -3.55. The molecule has 1 unspecified atom stereocenters. The van der Waals surface area contributed by atoms with Gasteiger partial charge in [0.2, 0.25) is 10.0 Å². The summed E-state index contributed by atoms with van der Waals surface area (Å²) in [6.45, 7) is 7.92. The molecule has 1 aromatic rings. The van der Waals surface area contributed by atoms with E-state index >= 15 is 0 Å². The molecule has 0 aliphatic heterocycles. The number of benzene rings is 1. The van der Waals surface area contributed by atoms with E-state index in [9.17, 15) is 8.42 Å². The number of aryl methyl sites for hydroxylation is 1. The summed E-state index contributed by atoms with van der Waals surface area (Å²) in [5.41, 5.74) is 7.05. The van der Waals surface area contributed by atoms with E-state index in [4.69, 9.17) is 5.73 Å². The van der Waals surface area contributed by atoms with E-state index in [2.05, 4.69) is 18.6 Å². The van der Waals surface area contributed by atoms with Crippen molar-refractivity contribution in [1.82, 2.24) is 4.72 Å². The van der Waals surface area contributed by atoms with Crippen molar-refractivity contribution in [2.75, 3.05) is 5.73 Å². The van der Waals surface area contributed by atoms with Gasteiger partial charge in [-0.3, -0.25) is 0 Å². The summed E-state index contributed by atoms with van der Waals surface area (Å²) >= 11 is 0. The quantitative estimate of drug-likeness (QED) is 0.789. The molecule has 0 aliphatic rings. The molecule has 108 valence electrons. The van der Waals surface area contributed by atoms with Gasteiger partial charge in [0, 0.05) is 6.04 Å². The fourth-order valence-electron chi connectivity index (χ4n) is 2.31. The molecule has 0 amide bonds. The van der Waals surface area contributed by atoms with Crippen molar-refractivity contribution in [3.8, 4) is 0 Å². The highest BCUT2D eigenvalue weighted by Crippen LogP contribution is 2.21. The van der Waals surface area contributed by atoms with Crippen LogP contribution in [0, 0.1) is 12.8 Å². The fraction of sp³-hybridized carbons (Fsp3) is 0.571. The zero-order chi connectivity index (χ0) is 14.6. The van der Waals surface area contributed by atoms with Crippen molar-refractivity contribution in [2.45, 2.75) is 51.5 Å². The molecule has 0 saturated heterocycles. The molecule has 1 aromatic carbocycles. The van der Waals surface area contributed by atoms with Crippen LogP contribution in [-0.4, -0.2) is 14.5 Å². The largest absolute Gasteiger partial charge is 0.398 e. The Bertz CT molecular complexity index is 522. The molecule has 0 spiro atoms. The second kappa shape index (κ2) is 6.39. The van der Waals surface area contributed by atoms with Crippen LogP contribution in [0.25, 0.3) is 0 Å². The average Bonchev–Trinajstić information content (AvgIpc) is 2.29. The summed E-state index contributed by atoms with van der Waals surface area (Å²) in [6, 6.07) is 4.90. The van der Waals surface area contributed by atoms with Crippen LogP contribution in [-0.2, 0) is 10.0 Å². The van der Waals surface area contributed by atoms with Crippen molar-refractivity contribution in [1.29, 1.82) is 0 Å². The molecule has 4 nitrogen and oxygen atoms in total. The number of sulfonamides is 1. The Labute approximate surface area is 116 Å². The first-order chi connectivity index (χ1) is 8.81. The minimum absolute atomic E-state index is 0.0966. The summed E-state index contributed by atoms with van der Waals surface area (Å²) < 4.78 is 27.4. The van der Waals surface area contributed by atoms with Gasteiger partial charge in [-0.2, -0.15) is 0 Å². The van der Waals surface area contributed by atoms with Crippen LogP contribution < -0.4 is 10.5 Å². The Kier molecular flexibility index (Phi) is 5.38. The Hall–Kier alpha value is -1.07. The van der Waals surface area contributed by atoms with Crippen LogP contribution >= 0.6 is 0 Å². The molecular weight excluding hydrogens is 260 g/mol. The van der Waals surface area contributed by atoms with Gasteiger partial charge in [0.1, 0.15) is 4.90 Å². The highest BCUT2D eigenvalue weighted by Gasteiger charge is 2.23. The Balaban J connectivity index is 2.98. The molecule has 0 saturated carbocycles. The summed E-state index contributed by atoms with van der Waals surface area (Å²) in [5.74, 6) is 0.335. The monoisotopic (exact) mass is 284 g/mol. The number of rotatable bonds is 6. The van der Waals surface area contributed by atoms with E-state index in [1.54, 1.807) is 18.2 Å². The van der Waals surface area contributed by atoms with Crippen LogP contribution in [0.5, 0.6) is 0 Å². The molecule has 0 heterocycles. The lowest BCUT2D eigenvalue weighted by Gasteiger charge is -2.22. The third kappa shape index (κ3) is 3.94. The first-order valence-electron chi connectivity index (χ1n) is 6.70. The number of nitrogens with one attached hydrogen (secondary N) is 1. The predicted molar refractivity (Wildman–Crippen MR) is 79.4 cm³/mol. The molecule has 1 rings (SSSR count). The lowest BCUT2D eigenvalue weighted by Crippen LogP contribution is -2.38. The van der Waals surface area contributed by atoms with Crippen LogP contribution in [0.4, 0.5) is 5.69 Å². The normalized spacial score (nSPS) is 13.7. The molecule has 19 heavy (non-hydrogen) atoms. The number of anilines is 1. The van der Waals surface area contributed by atoms with Gasteiger partial charge in [-0.25, -0.2) is 13.1 Å². The first kappa shape index (κ1) is 16.0. The predicted octanol–water partition coefficient (Wildman–Crippen LogP) is 2.68. The van der Waals surface area contributed by atoms with Crippen molar-refractivity contribution < 1.29 is 8.42 Å². The van der Waals surface area contributed by atoms with Gasteiger partial charge in [-0.05, 0) is 37.5 Å². The molecular formula is C14H24N2O2S. The number of hydrogen-bond donors (Lipinski definition) is 2. The van der Waals surface area contributed by atoms with E-state index in [0.717, 1.165) is 18.4 Å². The van der Waals surface area contributed by atoms with E-state index in [0.29, 0.717) is 11.6 Å². The Morgan fingerprint density at radius 1 is 1.26 bits per heavy atom. The van der Waals surface area contributed by atoms with Crippen LogP contribution in [0.2, 0.25) is 0 Å². The molecule has 1 atom stereocenters. The van der Waals surface area contributed by atoms with E-state index in [1.165, 1.54) is 0 Å². The van der Waals surface area contributed by atoms with Gasteiger partial charge in [0.05, 0.1) is 5.69 Å². The standard InChI is InChI=1S/C14H24N2O2S/c1-5-12(6-2)11(4)16-19(17,18)14-8-7-10(3)9-13(14)15/h7-9,11-12,16H,5-6,15H2,1-4H3. The van der Waals surface area contributed by atoms with Gasteiger partial charge in [-0.15, -0.1) is 0 Å². The second-order valence-electron chi connectivity index (χ2n) is 5.03. The number of nitrogen functional groups attached to an aromatic ring is 1. The summed E-state index contributed by atoms with van der Waals surface area (Å²) in [6.07, 6.45) is 1.90. The van der Waals surface area contributed by atoms with Crippen LogP contribution in [0.3, 0.4) is 0 Å². The number of hydrogen-bond acceptors (Lipinski definition) is 3. The van der Waals surface area contributed by atoms with Crippen LogP contribution in [0.1, 0.15) is 39.2 Å². The molecule has 5 heteroatoms. The topological polar surface area (TPSA) is 72.2 Å². The fourth-order valence-corrected chi connectivity index (χ4v) is 3.74. The highest BCUT2D eigenvalue weighted by molar-refractivity contribution is 7.89. The number of nitrogens with two attached hydrogens (primary N) is 1. The maximum atomic E-state index is 12.3. The maximum absolute atomic E-state index is 12.3. The molecule has 0 radical (unpaired) electrons. The van der Waals surface area contributed by atoms with Crippen LogP contribution in [0.15, 0.2) is 23.1 Å². The Morgan fingerprint density at radius 3 is 2.32 bits per heavy atom. The second-order valence-corrected chi connectivity index (χ2v) is 6.71. The van der Waals surface area contributed by atoms with Gasteiger partial charge < -0.3 is 5.73 Å². The van der Waals surface area contributed by atoms with Crippen molar-refractivity contribution in [3.63, 3.8) is 0 Å². The first-order valence-corrected chi connectivity index (χ1v) is 8.18. The van der Waals surface area contributed by atoms with Gasteiger partial charge in [0.15, 0.2) is 0 Å². The lowest BCUT2D eigenvalue weighted by atomic mass is 9.96. The third-order valence-electron chi connectivity index (χ3n) is 3.55. The van der Waals surface area contributed by atoms with Gasteiger partial charge in [-0.1, -0.05) is 32.8 Å². The van der Waals surface area contributed by atoms with Crippen molar-refractivity contribution in [2.24, 2.45) is 5.92 Å². The summed E-state index contributed by atoms with van der Waals surface area (Å²) in [4.78, 5) is 0.163. The summed E-state index contributed by atoms with van der Waals surface area (Å²) in [5, 5.41) is 0. The van der Waals surface area contributed by atoms with E-state index in [1.807, 2.05) is 13.8 Å². The molecule has 3 N–H and O–H groups in total.